The van der Waals surface area contributed by atoms with E-state index in [1.54, 1.807) is 10.8 Å². The molecule has 144 valence electrons. The van der Waals surface area contributed by atoms with Gasteiger partial charge in [-0.1, -0.05) is 21.6 Å². The van der Waals surface area contributed by atoms with Crippen molar-refractivity contribution in [1.82, 2.24) is 10.2 Å². The maximum absolute atomic E-state index is 10.5. The lowest BCUT2D eigenvalue weighted by Crippen LogP contribution is -2.33. The molecule has 0 aromatic rings. The van der Waals surface area contributed by atoms with Gasteiger partial charge in [-0.05, 0) is 20.1 Å². The molecule has 0 atom stereocenters. The molecule has 0 rings (SSSR count). The molecule has 0 spiro atoms. The first-order valence-electron chi connectivity index (χ1n) is 7.99. The van der Waals surface area contributed by atoms with E-state index in [1.165, 1.54) is 11.9 Å². The van der Waals surface area contributed by atoms with E-state index in [2.05, 4.69) is 25.4 Å². The van der Waals surface area contributed by atoms with Crippen molar-refractivity contribution in [2.24, 2.45) is 0 Å². The zero-order valence-corrected chi connectivity index (χ0v) is 16.8. The monoisotopic (exact) mass is 384 g/mol. The normalized spacial score (nSPS) is 11.7. The molecule has 2 N–H and O–H groups in total. The van der Waals surface area contributed by atoms with Crippen LogP contribution in [-0.4, -0.2) is 93.4 Å². The van der Waals surface area contributed by atoms with E-state index < -0.39 is 6.09 Å². The van der Waals surface area contributed by atoms with Crippen LogP contribution in [-0.2, 0) is 14.2 Å². The minimum atomic E-state index is -0.951. The quantitative estimate of drug-likeness (QED) is 0.309. The van der Waals surface area contributed by atoms with E-state index in [1.807, 2.05) is 10.8 Å². The molecule has 1 amide bonds. The Balaban J connectivity index is 3.22. The molecule has 0 aromatic heterocycles. The SMILES string of the molecule is CSSC(C)(C)CNCCOCCOCCOCCN(C)C(=O)O. The van der Waals surface area contributed by atoms with E-state index in [0.29, 0.717) is 46.2 Å². The van der Waals surface area contributed by atoms with Crippen molar-refractivity contribution in [3.63, 3.8) is 0 Å². The Bertz CT molecular complexity index is 322. The molecule has 0 aliphatic heterocycles. The third kappa shape index (κ3) is 15.3. The number of rotatable bonds is 16. The van der Waals surface area contributed by atoms with Crippen molar-refractivity contribution < 1.29 is 24.1 Å². The second-order valence-corrected chi connectivity index (χ2v) is 8.83. The molecular formula is C15H32N2O5S2. The van der Waals surface area contributed by atoms with Crippen LogP contribution in [0.25, 0.3) is 0 Å². The Morgan fingerprint density at radius 2 is 1.62 bits per heavy atom. The largest absolute Gasteiger partial charge is 0.465 e. The highest BCUT2D eigenvalue weighted by Gasteiger charge is 2.16. The lowest BCUT2D eigenvalue weighted by molar-refractivity contribution is 0.0124. The minimum Gasteiger partial charge on any atom is -0.465 e. The molecule has 0 saturated carbocycles. The molecule has 0 aromatic carbocycles. The Morgan fingerprint density at radius 1 is 1.08 bits per heavy atom. The number of hydrogen-bond acceptors (Lipinski definition) is 7. The lowest BCUT2D eigenvalue weighted by Gasteiger charge is -2.22. The summed E-state index contributed by atoms with van der Waals surface area (Å²) < 4.78 is 16.4. The fourth-order valence-corrected chi connectivity index (χ4v) is 3.77. The number of carbonyl (C=O) groups is 1. The fourth-order valence-electron chi connectivity index (χ4n) is 1.63. The average Bonchev–Trinajstić information content (AvgIpc) is 2.51. The van der Waals surface area contributed by atoms with Gasteiger partial charge >= 0.3 is 6.09 Å². The van der Waals surface area contributed by atoms with Gasteiger partial charge in [-0.3, -0.25) is 0 Å². The van der Waals surface area contributed by atoms with Crippen LogP contribution in [0.1, 0.15) is 13.8 Å². The molecule has 0 aliphatic carbocycles. The minimum absolute atomic E-state index is 0.224. The van der Waals surface area contributed by atoms with Crippen LogP contribution in [0.2, 0.25) is 0 Å². The number of carboxylic acid groups (broad SMARTS) is 1. The van der Waals surface area contributed by atoms with Crippen LogP contribution < -0.4 is 5.32 Å². The summed E-state index contributed by atoms with van der Waals surface area (Å²) in [5, 5.41) is 12.0. The standard InChI is InChI=1S/C15H32N2O5S2/c1-15(2,24-23-4)13-16-5-7-20-9-11-22-12-10-21-8-6-17(3)14(18)19/h16H,5-13H2,1-4H3,(H,18,19). The molecule has 0 saturated heterocycles. The Hall–Kier alpha value is -0.190. The molecular weight excluding hydrogens is 352 g/mol. The summed E-state index contributed by atoms with van der Waals surface area (Å²) in [7, 11) is 5.17. The third-order valence-electron chi connectivity index (χ3n) is 2.92. The van der Waals surface area contributed by atoms with Crippen LogP contribution in [0.5, 0.6) is 0 Å². The maximum Gasteiger partial charge on any atom is 0.407 e. The predicted molar refractivity (Wildman–Crippen MR) is 101 cm³/mol. The first-order chi connectivity index (χ1) is 11.4. The van der Waals surface area contributed by atoms with Gasteiger partial charge in [0, 0.05) is 31.4 Å². The number of nitrogens with zero attached hydrogens (tertiary/aromatic N) is 1. The summed E-state index contributed by atoms with van der Waals surface area (Å²) in [6, 6.07) is 0. The lowest BCUT2D eigenvalue weighted by atomic mass is 10.2. The summed E-state index contributed by atoms with van der Waals surface area (Å²) in [6.45, 7) is 9.66. The molecule has 0 heterocycles. The van der Waals surface area contributed by atoms with Gasteiger partial charge in [-0.25, -0.2) is 4.79 Å². The van der Waals surface area contributed by atoms with Crippen LogP contribution in [0.15, 0.2) is 0 Å². The predicted octanol–water partition coefficient (Wildman–Crippen LogP) is 2.03. The molecule has 0 bridgehead atoms. The van der Waals surface area contributed by atoms with Gasteiger partial charge in [0.25, 0.3) is 0 Å². The van der Waals surface area contributed by atoms with Crippen molar-refractivity contribution in [1.29, 1.82) is 0 Å². The Kier molecular flexibility index (Phi) is 15.0. The van der Waals surface area contributed by atoms with Crippen molar-refractivity contribution in [2.75, 3.05) is 72.6 Å². The van der Waals surface area contributed by atoms with E-state index in [4.69, 9.17) is 19.3 Å². The van der Waals surface area contributed by atoms with Gasteiger partial charge in [0.2, 0.25) is 0 Å². The third-order valence-corrected chi connectivity index (χ3v) is 5.54. The number of ether oxygens (including phenoxy) is 3. The second-order valence-electron chi connectivity index (χ2n) is 5.73. The number of nitrogens with one attached hydrogen (secondary N) is 1. The zero-order valence-electron chi connectivity index (χ0n) is 15.2. The topological polar surface area (TPSA) is 80.3 Å². The van der Waals surface area contributed by atoms with E-state index in [9.17, 15) is 4.79 Å². The maximum atomic E-state index is 10.5. The number of amides is 1. The van der Waals surface area contributed by atoms with Gasteiger partial charge in [-0.2, -0.15) is 0 Å². The number of likely N-dealkylation sites (N-methyl/N-ethyl adjacent to an activating group) is 1. The highest BCUT2D eigenvalue weighted by atomic mass is 33.1. The second kappa shape index (κ2) is 15.1. The molecule has 0 radical (unpaired) electrons. The van der Waals surface area contributed by atoms with Gasteiger partial charge in [0.1, 0.15) is 0 Å². The van der Waals surface area contributed by atoms with Gasteiger partial charge < -0.3 is 29.5 Å². The average molecular weight is 385 g/mol. The molecule has 0 unspecified atom stereocenters. The van der Waals surface area contributed by atoms with Crippen molar-refractivity contribution in [3.05, 3.63) is 0 Å². The Morgan fingerprint density at radius 3 is 2.17 bits per heavy atom. The highest BCUT2D eigenvalue weighted by molar-refractivity contribution is 8.76. The summed E-state index contributed by atoms with van der Waals surface area (Å²) in [5.41, 5.74) is 0. The summed E-state index contributed by atoms with van der Waals surface area (Å²) >= 11 is 0. The molecule has 0 fully saturated rings. The van der Waals surface area contributed by atoms with Crippen molar-refractivity contribution in [3.8, 4) is 0 Å². The van der Waals surface area contributed by atoms with Crippen LogP contribution in [0.4, 0.5) is 4.79 Å². The van der Waals surface area contributed by atoms with Crippen LogP contribution in [0.3, 0.4) is 0 Å². The first-order valence-corrected chi connectivity index (χ1v) is 10.5. The van der Waals surface area contributed by atoms with Gasteiger partial charge in [0.15, 0.2) is 0 Å². The summed E-state index contributed by atoms with van der Waals surface area (Å²) in [5.74, 6) is 0. The smallest absolute Gasteiger partial charge is 0.407 e. The zero-order chi connectivity index (χ0) is 18.3. The van der Waals surface area contributed by atoms with Gasteiger partial charge in [-0.15, -0.1) is 0 Å². The van der Waals surface area contributed by atoms with Crippen LogP contribution >= 0.6 is 21.6 Å². The van der Waals surface area contributed by atoms with Crippen LogP contribution in [0, 0.1) is 0 Å². The first kappa shape index (κ1) is 23.8. The van der Waals surface area contributed by atoms with Gasteiger partial charge in [0.05, 0.1) is 39.6 Å². The molecule has 9 heteroatoms. The summed E-state index contributed by atoms with van der Waals surface area (Å²) in [4.78, 5) is 11.7. The van der Waals surface area contributed by atoms with E-state index in [-0.39, 0.29) is 4.75 Å². The summed E-state index contributed by atoms with van der Waals surface area (Å²) in [6.07, 6.45) is 1.14. The molecule has 0 aliphatic rings. The van der Waals surface area contributed by atoms with Crippen molar-refractivity contribution >= 4 is 27.7 Å². The molecule has 24 heavy (non-hydrogen) atoms. The Labute approximate surface area is 153 Å². The highest BCUT2D eigenvalue weighted by Crippen LogP contribution is 2.32. The van der Waals surface area contributed by atoms with Crippen molar-refractivity contribution in [2.45, 2.75) is 18.6 Å². The molecule has 7 nitrogen and oxygen atoms in total. The fraction of sp³-hybridized carbons (Fsp3) is 0.933. The van der Waals surface area contributed by atoms with E-state index >= 15 is 0 Å². The van der Waals surface area contributed by atoms with E-state index in [0.717, 1.165) is 13.1 Å². The number of hydrogen-bond donors (Lipinski definition) is 2.